The van der Waals surface area contributed by atoms with Gasteiger partial charge in [-0.1, -0.05) is 273 Å². The van der Waals surface area contributed by atoms with E-state index in [1.165, 1.54) is 94.2 Å². The van der Waals surface area contributed by atoms with Crippen molar-refractivity contribution in [3.05, 3.63) is 372 Å². The molecule has 14 aromatic rings. The maximum Gasteiger partial charge on any atom is 0.0714 e. The van der Waals surface area contributed by atoms with Crippen molar-refractivity contribution in [3.8, 4) is 50.2 Å². The Bertz CT molecular complexity index is 4640. The molecule has 2 aliphatic carbocycles. The minimum absolute atomic E-state index is 0.529. The SMILES string of the molecule is c1ccc(-c2ccc(N(c3ccc4c(c3)C(c3ccccc3)(c3ccccc3)c3ccccc3-4)c3ccccc3-c3ccc4c5ccccc5n(-c5ccc6c(c5)C(c5ccccc5)(c5ccccc5)c5ccccc5-6)c4c3)cc2)cc1. The summed E-state index contributed by atoms with van der Waals surface area (Å²) in [4.78, 5) is 2.48. The van der Waals surface area contributed by atoms with Gasteiger partial charge in [-0.25, -0.2) is 0 Å². The fraction of sp³-hybridized carbons (Fsp3) is 0.0250. The summed E-state index contributed by atoms with van der Waals surface area (Å²) in [7, 11) is 0. The van der Waals surface area contributed by atoms with E-state index in [2.05, 4.69) is 337 Å². The first-order chi connectivity index (χ1) is 40.7. The van der Waals surface area contributed by atoms with Crippen LogP contribution in [-0.4, -0.2) is 4.57 Å². The van der Waals surface area contributed by atoms with Crippen LogP contribution in [-0.2, 0) is 10.8 Å². The first kappa shape index (κ1) is 47.5. The minimum Gasteiger partial charge on any atom is -0.310 e. The van der Waals surface area contributed by atoms with E-state index in [9.17, 15) is 0 Å². The lowest BCUT2D eigenvalue weighted by molar-refractivity contribution is 0.767. The summed E-state index contributed by atoms with van der Waals surface area (Å²) in [5.41, 5.74) is 25.4. The van der Waals surface area contributed by atoms with Crippen molar-refractivity contribution in [2.75, 3.05) is 4.90 Å². The molecule has 2 nitrogen and oxygen atoms in total. The molecular formula is C80H54N2. The molecule has 2 aliphatic rings. The number of hydrogen-bond donors (Lipinski definition) is 0. The summed E-state index contributed by atoms with van der Waals surface area (Å²) in [6, 6.07) is 122. The minimum atomic E-state index is -0.562. The Labute approximate surface area is 478 Å². The summed E-state index contributed by atoms with van der Waals surface area (Å²) >= 11 is 0. The highest BCUT2D eigenvalue weighted by atomic mass is 15.1. The molecule has 0 aliphatic heterocycles. The topological polar surface area (TPSA) is 8.17 Å². The van der Waals surface area contributed by atoms with Crippen molar-refractivity contribution in [3.63, 3.8) is 0 Å². The fourth-order valence-corrected chi connectivity index (χ4v) is 14.3. The van der Waals surface area contributed by atoms with Gasteiger partial charge in [0.15, 0.2) is 0 Å². The van der Waals surface area contributed by atoms with Gasteiger partial charge in [-0.05, 0) is 138 Å². The Kier molecular flexibility index (Phi) is 11.0. The Morgan fingerprint density at radius 2 is 0.659 bits per heavy atom. The standard InChI is InChI=1S/C80H54N2/c1-6-24-55(25-7-1)56-42-45-62(46-43-56)81(63-47-50-68-66-35-16-20-38-72(66)79(74(68)53-63,58-26-8-2-9-27-58)59-28-10-3-11-29-59)76-40-22-18-34-65(76)57-44-49-71-70-37-19-23-41-77(70)82(78(71)52-57)64-48-51-69-67-36-17-21-39-73(67)80(75(69)54-64,60-30-12-4-13-31-60)61-32-14-5-15-33-61/h1-54H. The van der Waals surface area contributed by atoms with Gasteiger partial charge < -0.3 is 9.47 Å². The van der Waals surface area contributed by atoms with Gasteiger partial charge in [0.1, 0.15) is 0 Å². The number of rotatable bonds is 10. The first-order valence-corrected chi connectivity index (χ1v) is 28.5. The molecule has 0 amide bonds. The lowest BCUT2D eigenvalue weighted by Crippen LogP contribution is -2.28. The van der Waals surface area contributed by atoms with Crippen molar-refractivity contribution in [1.82, 2.24) is 4.57 Å². The summed E-state index contributed by atoms with van der Waals surface area (Å²) in [5, 5.41) is 2.43. The molecule has 0 saturated carbocycles. The van der Waals surface area contributed by atoms with Crippen LogP contribution in [0.3, 0.4) is 0 Å². The molecular weight excluding hydrogens is 989 g/mol. The van der Waals surface area contributed by atoms with Gasteiger partial charge in [0, 0.05) is 33.4 Å². The number of aromatic nitrogens is 1. The zero-order valence-electron chi connectivity index (χ0n) is 45.1. The van der Waals surface area contributed by atoms with Crippen LogP contribution in [0.15, 0.2) is 328 Å². The molecule has 0 bridgehead atoms. The Balaban J connectivity index is 0.910. The van der Waals surface area contributed by atoms with E-state index < -0.39 is 10.8 Å². The predicted molar refractivity (Wildman–Crippen MR) is 341 cm³/mol. The molecule has 0 N–H and O–H groups in total. The Morgan fingerprint density at radius 1 is 0.244 bits per heavy atom. The monoisotopic (exact) mass is 1040 g/mol. The average Bonchev–Trinajstić information content (AvgIpc) is 2.22. The van der Waals surface area contributed by atoms with Gasteiger partial charge in [0.2, 0.25) is 0 Å². The van der Waals surface area contributed by atoms with Gasteiger partial charge in [0.05, 0.1) is 27.6 Å². The van der Waals surface area contributed by atoms with Crippen LogP contribution in [0.25, 0.3) is 72.0 Å². The molecule has 2 heteroatoms. The first-order valence-electron chi connectivity index (χ1n) is 28.5. The third kappa shape index (κ3) is 7.08. The maximum atomic E-state index is 2.51. The number of para-hydroxylation sites is 2. The largest absolute Gasteiger partial charge is 0.310 e. The van der Waals surface area contributed by atoms with Crippen molar-refractivity contribution in [2.24, 2.45) is 0 Å². The van der Waals surface area contributed by atoms with E-state index in [1.54, 1.807) is 0 Å². The van der Waals surface area contributed by atoms with Crippen LogP contribution in [0.2, 0.25) is 0 Å². The van der Waals surface area contributed by atoms with Crippen molar-refractivity contribution < 1.29 is 0 Å². The van der Waals surface area contributed by atoms with Gasteiger partial charge in [-0.3, -0.25) is 0 Å². The molecule has 0 spiro atoms. The average molecular weight is 1040 g/mol. The molecule has 1 heterocycles. The van der Waals surface area contributed by atoms with E-state index in [0.717, 1.165) is 39.4 Å². The van der Waals surface area contributed by atoms with E-state index in [1.807, 2.05) is 0 Å². The van der Waals surface area contributed by atoms with Crippen LogP contribution in [0.4, 0.5) is 17.1 Å². The number of fused-ring (bicyclic) bond motifs is 9. The molecule has 0 fully saturated rings. The molecule has 384 valence electrons. The van der Waals surface area contributed by atoms with Gasteiger partial charge >= 0.3 is 0 Å². The van der Waals surface area contributed by atoms with Crippen LogP contribution in [0.5, 0.6) is 0 Å². The van der Waals surface area contributed by atoms with Gasteiger partial charge in [-0.15, -0.1) is 0 Å². The van der Waals surface area contributed by atoms with E-state index in [-0.39, 0.29) is 0 Å². The summed E-state index contributed by atoms with van der Waals surface area (Å²) in [6.45, 7) is 0. The molecule has 0 unspecified atom stereocenters. The molecule has 0 saturated heterocycles. The van der Waals surface area contributed by atoms with Crippen molar-refractivity contribution >= 4 is 38.9 Å². The normalized spacial score (nSPS) is 13.3. The predicted octanol–water partition coefficient (Wildman–Crippen LogP) is 20.3. The Morgan fingerprint density at radius 3 is 1.24 bits per heavy atom. The van der Waals surface area contributed by atoms with Crippen LogP contribution in [0, 0.1) is 0 Å². The third-order valence-corrected chi connectivity index (χ3v) is 17.8. The van der Waals surface area contributed by atoms with Crippen LogP contribution >= 0.6 is 0 Å². The molecule has 16 rings (SSSR count). The van der Waals surface area contributed by atoms with E-state index >= 15 is 0 Å². The molecule has 13 aromatic carbocycles. The second-order valence-corrected chi connectivity index (χ2v) is 21.9. The highest BCUT2D eigenvalue weighted by molar-refractivity contribution is 6.11. The highest BCUT2D eigenvalue weighted by Gasteiger charge is 2.48. The number of anilines is 3. The lowest BCUT2D eigenvalue weighted by atomic mass is 9.67. The smallest absolute Gasteiger partial charge is 0.0714 e. The zero-order valence-corrected chi connectivity index (χ0v) is 45.1. The van der Waals surface area contributed by atoms with Crippen LogP contribution < -0.4 is 4.90 Å². The van der Waals surface area contributed by atoms with Crippen LogP contribution in [0.1, 0.15) is 44.5 Å². The third-order valence-electron chi connectivity index (χ3n) is 17.8. The quantitative estimate of drug-likeness (QED) is 0.133. The molecule has 0 radical (unpaired) electrons. The second kappa shape index (κ2) is 19.1. The van der Waals surface area contributed by atoms with E-state index in [0.29, 0.717) is 0 Å². The summed E-state index contributed by atoms with van der Waals surface area (Å²) in [6.07, 6.45) is 0. The zero-order chi connectivity index (χ0) is 54.2. The summed E-state index contributed by atoms with van der Waals surface area (Å²) in [5.74, 6) is 0. The fourth-order valence-electron chi connectivity index (χ4n) is 14.3. The maximum absolute atomic E-state index is 2.51. The lowest BCUT2D eigenvalue weighted by Gasteiger charge is -2.35. The molecule has 1 aromatic heterocycles. The molecule has 0 atom stereocenters. The van der Waals surface area contributed by atoms with Gasteiger partial charge in [-0.2, -0.15) is 0 Å². The summed E-state index contributed by atoms with van der Waals surface area (Å²) < 4.78 is 2.51. The number of benzene rings is 13. The molecule has 82 heavy (non-hydrogen) atoms. The van der Waals surface area contributed by atoms with Crippen molar-refractivity contribution in [2.45, 2.75) is 10.8 Å². The van der Waals surface area contributed by atoms with Gasteiger partial charge in [0.25, 0.3) is 0 Å². The number of hydrogen-bond acceptors (Lipinski definition) is 1. The van der Waals surface area contributed by atoms with E-state index in [4.69, 9.17) is 0 Å². The van der Waals surface area contributed by atoms with Crippen molar-refractivity contribution in [1.29, 1.82) is 0 Å². The second-order valence-electron chi connectivity index (χ2n) is 21.9. The Hall–Kier alpha value is -10.5. The number of nitrogens with zero attached hydrogens (tertiary/aromatic N) is 2. The highest BCUT2D eigenvalue weighted by Crippen LogP contribution is 2.59.